The Morgan fingerprint density at radius 1 is 1.57 bits per heavy atom. The number of piperidine rings is 1. The van der Waals surface area contributed by atoms with Gasteiger partial charge in [0.15, 0.2) is 0 Å². The summed E-state index contributed by atoms with van der Waals surface area (Å²) in [5.41, 5.74) is 0. The van der Waals surface area contributed by atoms with Crippen LogP contribution in [0.3, 0.4) is 0 Å². The number of carbonyl (C=O) groups excluding carboxylic acids is 1. The van der Waals surface area contributed by atoms with Crippen molar-refractivity contribution in [3.05, 3.63) is 0 Å². The van der Waals surface area contributed by atoms with Gasteiger partial charge < -0.3 is 9.80 Å². The normalized spacial score (nSPS) is 24.1. The average molecular weight is 198 g/mol. The quantitative estimate of drug-likeness (QED) is 0.673. The number of nitrogens with zero attached hydrogens (tertiary/aromatic N) is 2. The van der Waals surface area contributed by atoms with Crippen LogP contribution < -0.4 is 0 Å². The molecule has 14 heavy (non-hydrogen) atoms. The van der Waals surface area contributed by atoms with Crippen molar-refractivity contribution in [2.75, 3.05) is 33.7 Å². The first-order valence-electron chi connectivity index (χ1n) is 5.48. The summed E-state index contributed by atoms with van der Waals surface area (Å²) in [5, 5.41) is 0. The predicted molar refractivity (Wildman–Crippen MR) is 58.4 cm³/mol. The summed E-state index contributed by atoms with van der Waals surface area (Å²) in [6.07, 6.45) is 3.25. The molecule has 0 aromatic rings. The molecule has 0 radical (unpaired) electrons. The number of Topliss-reactive ketones (excluding diaryl/α,β-unsaturated/α-hetero) is 1. The van der Waals surface area contributed by atoms with Crippen LogP contribution in [0.15, 0.2) is 0 Å². The molecule has 1 aliphatic heterocycles. The van der Waals surface area contributed by atoms with Crippen LogP contribution in [0, 0.1) is 0 Å². The molecule has 0 bridgehead atoms. The molecule has 1 rings (SSSR count). The Hall–Kier alpha value is -0.410. The largest absolute Gasteiger partial charge is 0.305 e. The van der Waals surface area contributed by atoms with E-state index in [0.29, 0.717) is 18.2 Å². The third-order valence-electron chi connectivity index (χ3n) is 3.04. The first-order chi connectivity index (χ1) is 6.59. The van der Waals surface area contributed by atoms with E-state index < -0.39 is 0 Å². The first kappa shape index (κ1) is 11.7. The minimum absolute atomic E-state index is 0.293. The SMILES string of the molecule is CC(=O)CCN(C)C1CCCN(C)C1. The molecule has 0 saturated carbocycles. The molecule has 1 unspecified atom stereocenters. The van der Waals surface area contributed by atoms with E-state index in [1.165, 1.54) is 19.4 Å². The summed E-state index contributed by atoms with van der Waals surface area (Å²) in [4.78, 5) is 15.6. The summed E-state index contributed by atoms with van der Waals surface area (Å²) in [6, 6.07) is 0.646. The summed E-state index contributed by atoms with van der Waals surface area (Å²) in [6.45, 7) is 4.94. The molecule has 1 heterocycles. The minimum atomic E-state index is 0.293. The highest BCUT2D eigenvalue weighted by Gasteiger charge is 2.20. The van der Waals surface area contributed by atoms with Crippen LogP contribution in [0.1, 0.15) is 26.2 Å². The predicted octanol–water partition coefficient (Wildman–Crippen LogP) is 0.992. The van der Waals surface area contributed by atoms with Crippen LogP contribution in [0.25, 0.3) is 0 Å². The second kappa shape index (κ2) is 5.47. The van der Waals surface area contributed by atoms with Gasteiger partial charge in [0, 0.05) is 25.6 Å². The monoisotopic (exact) mass is 198 g/mol. The van der Waals surface area contributed by atoms with Gasteiger partial charge in [-0.05, 0) is 40.4 Å². The first-order valence-corrected chi connectivity index (χ1v) is 5.48. The van der Waals surface area contributed by atoms with E-state index >= 15 is 0 Å². The Morgan fingerprint density at radius 2 is 2.29 bits per heavy atom. The highest BCUT2D eigenvalue weighted by molar-refractivity contribution is 5.75. The van der Waals surface area contributed by atoms with Crippen LogP contribution in [0.2, 0.25) is 0 Å². The lowest BCUT2D eigenvalue weighted by molar-refractivity contribution is -0.117. The lowest BCUT2D eigenvalue weighted by Crippen LogP contribution is -2.45. The van der Waals surface area contributed by atoms with Crippen molar-refractivity contribution in [3.63, 3.8) is 0 Å². The highest BCUT2D eigenvalue weighted by Crippen LogP contribution is 2.13. The Bertz CT molecular complexity index is 194. The molecule has 82 valence electrons. The van der Waals surface area contributed by atoms with E-state index in [4.69, 9.17) is 0 Å². The molecule has 0 aromatic carbocycles. The molecule has 0 N–H and O–H groups in total. The fourth-order valence-corrected chi connectivity index (χ4v) is 2.02. The molecule has 3 nitrogen and oxygen atoms in total. The maximum Gasteiger partial charge on any atom is 0.131 e. The fraction of sp³-hybridized carbons (Fsp3) is 0.909. The van der Waals surface area contributed by atoms with E-state index in [1.54, 1.807) is 6.92 Å². The second-order valence-electron chi connectivity index (χ2n) is 4.49. The van der Waals surface area contributed by atoms with Crippen LogP contribution >= 0.6 is 0 Å². The molecule has 1 atom stereocenters. The third-order valence-corrected chi connectivity index (χ3v) is 3.04. The molecule has 0 spiro atoms. The number of ketones is 1. The molecule has 0 aromatic heterocycles. The van der Waals surface area contributed by atoms with Gasteiger partial charge in [0.25, 0.3) is 0 Å². The highest BCUT2D eigenvalue weighted by atomic mass is 16.1. The third kappa shape index (κ3) is 3.76. The maximum absolute atomic E-state index is 10.9. The second-order valence-corrected chi connectivity index (χ2v) is 4.49. The summed E-state index contributed by atoms with van der Waals surface area (Å²) in [7, 11) is 4.30. The molecule has 3 heteroatoms. The van der Waals surface area contributed by atoms with Crippen molar-refractivity contribution in [3.8, 4) is 0 Å². The van der Waals surface area contributed by atoms with Gasteiger partial charge in [0.2, 0.25) is 0 Å². The van der Waals surface area contributed by atoms with Crippen molar-refractivity contribution in [2.24, 2.45) is 0 Å². The lowest BCUT2D eigenvalue weighted by Gasteiger charge is -2.35. The van der Waals surface area contributed by atoms with Crippen LogP contribution in [0.5, 0.6) is 0 Å². The molecular weight excluding hydrogens is 176 g/mol. The van der Waals surface area contributed by atoms with Gasteiger partial charge in [-0.2, -0.15) is 0 Å². The van der Waals surface area contributed by atoms with Crippen LogP contribution in [-0.2, 0) is 4.79 Å². The topological polar surface area (TPSA) is 23.6 Å². The number of likely N-dealkylation sites (N-methyl/N-ethyl adjacent to an activating group) is 2. The summed E-state index contributed by atoms with van der Waals surface area (Å²) in [5.74, 6) is 0.293. The standard InChI is InChI=1S/C11H22N2O/c1-10(14)6-8-13(3)11-5-4-7-12(2)9-11/h11H,4-9H2,1-3H3. The number of likely N-dealkylation sites (tertiary alicyclic amines) is 1. The van der Waals surface area contributed by atoms with Crippen molar-refractivity contribution in [2.45, 2.75) is 32.2 Å². The van der Waals surface area contributed by atoms with Crippen molar-refractivity contribution in [1.82, 2.24) is 9.80 Å². The van der Waals surface area contributed by atoms with Gasteiger partial charge >= 0.3 is 0 Å². The van der Waals surface area contributed by atoms with E-state index in [1.807, 2.05) is 0 Å². The molecule has 1 saturated heterocycles. The van der Waals surface area contributed by atoms with E-state index in [-0.39, 0.29) is 0 Å². The number of rotatable bonds is 4. The van der Waals surface area contributed by atoms with E-state index in [2.05, 4.69) is 23.9 Å². The minimum Gasteiger partial charge on any atom is -0.305 e. The number of hydrogen-bond donors (Lipinski definition) is 0. The van der Waals surface area contributed by atoms with Crippen molar-refractivity contribution < 1.29 is 4.79 Å². The van der Waals surface area contributed by atoms with Gasteiger partial charge in [-0.3, -0.25) is 4.79 Å². The van der Waals surface area contributed by atoms with E-state index in [9.17, 15) is 4.79 Å². The van der Waals surface area contributed by atoms with E-state index in [0.717, 1.165) is 13.1 Å². The van der Waals surface area contributed by atoms with Crippen LogP contribution in [0.4, 0.5) is 0 Å². The van der Waals surface area contributed by atoms with Crippen molar-refractivity contribution >= 4 is 5.78 Å². The number of carbonyl (C=O) groups is 1. The number of hydrogen-bond acceptors (Lipinski definition) is 3. The Kier molecular flexibility index (Phi) is 4.55. The lowest BCUT2D eigenvalue weighted by atomic mass is 10.0. The molecule has 0 aliphatic carbocycles. The zero-order valence-electron chi connectivity index (χ0n) is 9.62. The van der Waals surface area contributed by atoms with Gasteiger partial charge in [-0.1, -0.05) is 0 Å². The van der Waals surface area contributed by atoms with Crippen molar-refractivity contribution in [1.29, 1.82) is 0 Å². The molecule has 1 fully saturated rings. The molecular formula is C11H22N2O. The van der Waals surface area contributed by atoms with Gasteiger partial charge in [-0.25, -0.2) is 0 Å². The Balaban J connectivity index is 2.28. The molecule has 1 aliphatic rings. The average Bonchev–Trinajstić information content (AvgIpc) is 2.14. The Morgan fingerprint density at radius 3 is 2.86 bits per heavy atom. The fourth-order valence-electron chi connectivity index (χ4n) is 2.02. The Labute approximate surface area is 87.1 Å². The van der Waals surface area contributed by atoms with Gasteiger partial charge in [-0.15, -0.1) is 0 Å². The van der Waals surface area contributed by atoms with Crippen LogP contribution in [-0.4, -0.2) is 55.4 Å². The zero-order valence-corrected chi connectivity index (χ0v) is 9.62. The maximum atomic E-state index is 10.9. The van der Waals surface area contributed by atoms with Gasteiger partial charge in [0.1, 0.15) is 5.78 Å². The van der Waals surface area contributed by atoms with Gasteiger partial charge in [0.05, 0.1) is 0 Å². The smallest absolute Gasteiger partial charge is 0.131 e. The summed E-state index contributed by atoms with van der Waals surface area (Å²) >= 11 is 0. The summed E-state index contributed by atoms with van der Waals surface area (Å²) < 4.78 is 0. The zero-order chi connectivity index (χ0) is 10.6. The molecule has 0 amide bonds.